The molecule has 16 heteroatoms. The van der Waals surface area contributed by atoms with Crippen molar-refractivity contribution in [1.82, 2.24) is 9.80 Å². The van der Waals surface area contributed by atoms with E-state index < -0.39 is 65.3 Å². The van der Waals surface area contributed by atoms with E-state index in [4.69, 9.17) is 24.7 Å². The monoisotopic (exact) mass is 847 g/mol. The molecule has 7 N–H and O–H groups in total. The maximum Gasteiger partial charge on any atom is 0.410 e. The molecule has 2 aliphatic heterocycles. The van der Waals surface area contributed by atoms with Crippen LogP contribution in [0.2, 0.25) is 0 Å². The van der Waals surface area contributed by atoms with Crippen LogP contribution in [-0.4, -0.2) is 120 Å². The topological polar surface area (TPSA) is 222 Å². The number of carbonyl (C=O) groups is 4. The number of aliphatic hydroxyl groups excluding tert-OH is 1. The number of primary amides is 1. The largest absolute Gasteiger partial charge is 0.506 e. The number of methoxy groups -OCH3 is 2. The number of allylic oxidation sites excluding steroid dienone is 2. The number of nitrogens with two attached hydrogens (primary N) is 1. The number of aromatic hydroxyl groups is 2. The minimum atomic E-state index is -1.07. The van der Waals surface area contributed by atoms with Gasteiger partial charge in [0.1, 0.15) is 23.2 Å². The Morgan fingerprint density at radius 3 is 2.25 bits per heavy atom. The van der Waals surface area contributed by atoms with Crippen LogP contribution in [0.25, 0.3) is 6.08 Å². The number of hydrogen-bond donors (Lipinski definition) is 6. The quantitative estimate of drug-likeness (QED) is 0.106. The van der Waals surface area contributed by atoms with Crippen molar-refractivity contribution in [2.75, 3.05) is 51.0 Å². The number of rotatable bonds is 7. The van der Waals surface area contributed by atoms with Crippen molar-refractivity contribution in [3.05, 3.63) is 88.0 Å². The van der Waals surface area contributed by atoms with Crippen molar-refractivity contribution in [1.29, 1.82) is 0 Å². The Hall–Kier alpha value is -5.68. The molecule has 2 heterocycles. The molecule has 2 aromatic rings. The molecule has 2 aromatic carbocycles. The van der Waals surface area contributed by atoms with Gasteiger partial charge < -0.3 is 55.5 Å². The minimum absolute atomic E-state index is 0.00486. The number of amides is 4. The number of hydrogen-bond acceptors (Lipinski definition) is 12. The van der Waals surface area contributed by atoms with Crippen molar-refractivity contribution < 1.29 is 53.4 Å². The van der Waals surface area contributed by atoms with E-state index >= 15 is 0 Å². The van der Waals surface area contributed by atoms with E-state index in [0.717, 1.165) is 11.6 Å². The molecule has 0 aromatic heterocycles. The normalized spacial score (nSPS) is 22.3. The number of ether oxygens (including phenoxy) is 4. The van der Waals surface area contributed by atoms with Gasteiger partial charge in [0.15, 0.2) is 6.10 Å². The van der Waals surface area contributed by atoms with Gasteiger partial charge in [-0.25, -0.2) is 9.59 Å². The summed E-state index contributed by atoms with van der Waals surface area (Å²) in [6.45, 7) is 15.3. The summed E-state index contributed by atoms with van der Waals surface area (Å²) in [5.74, 6) is -2.58. The molecule has 0 saturated carbocycles. The van der Waals surface area contributed by atoms with E-state index in [0.29, 0.717) is 43.9 Å². The smallest absolute Gasteiger partial charge is 0.410 e. The molecule has 16 nitrogen and oxygen atoms in total. The van der Waals surface area contributed by atoms with Crippen LogP contribution >= 0.6 is 0 Å². The Kier molecular flexibility index (Phi) is 16.7. The molecule has 0 radical (unpaired) electrons. The number of aliphatic hydroxyl groups is 1. The van der Waals surface area contributed by atoms with Crippen LogP contribution in [-0.2, 0) is 30.3 Å². The van der Waals surface area contributed by atoms with E-state index in [1.165, 1.54) is 39.4 Å². The average molecular weight is 848 g/mol. The average Bonchev–Trinajstić information content (AvgIpc) is 3.19. The first kappa shape index (κ1) is 48.0. The number of piperazine rings is 1. The lowest BCUT2D eigenvalue weighted by Crippen LogP contribution is -2.49. The fraction of sp³-hybridized carbons (Fsp3) is 0.467. The summed E-state index contributed by atoms with van der Waals surface area (Å²) in [7, 11) is 2.87. The molecule has 1 saturated heterocycles. The molecule has 2 aliphatic rings. The van der Waals surface area contributed by atoms with E-state index in [1.54, 1.807) is 50.0 Å². The molecule has 1 fully saturated rings. The van der Waals surface area contributed by atoms with Gasteiger partial charge in [0.05, 0.1) is 23.6 Å². The maximum atomic E-state index is 13.7. The van der Waals surface area contributed by atoms with Gasteiger partial charge >= 0.3 is 12.2 Å². The first-order chi connectivity index (χ1) is 28.7. The second kappa shape index (κ2) is 21.2. The van der Waals surface area contributed by atoms with Crippen LogP contribution in [0.5, 0.6) is 11.5 Å². The lowest BCUT2D eigenvalue weighted by molar-refractivity contribution is -0.112. The van der Waals surface area contributed by atoms with Gasteiger partial charge in [0.2, 0.25) is 0 Å². The lowest BCUT2D eigenvalue weighted by Gasteiger charge is -2.35. The summed E-state index contributed by atoms with van der Waals surface area (Å²) < 4.78 is 22.2. The zero-order chi connectivity index (χ0) is 45.2. The van der Waals surface area contributed by atoms with Crippen molar-refractivity contribution >= 4 is 41.5 Å². The Morgan fingerprint density at radius 1 is 1.00 bits per heavy atom. The molecule has 2 bridgehead atoms. The highest BCUT2D eigenvalue weighted by molar-refractivity contribution is 6.09. The number of nitrogens with one attached hydrogen (secondary N) is 2. The third kappa shape index (κ3) is 13.4. The van der Waals surface area contributed by atoms with Gasteiger partial charge in [0, 0.05) is 75.6 Å². The molecule has 0 aliphatic carbocycles. The van der Waals surface area contributed by atoms with Crippen LogP contribution in [0.3, 0.4) is 0 Å². The SMILES string of the molecule is CO[C@H]1C=CC=C(C)C(=O)Nc2cc(O)c(NC(=O)c3ccc(CN4CCN(C(=O)OC(C)(C)C)CC4)cc3)c(c2O)C=C(C)C[C@H](OC)[C@H](O)[C@@H](C)C=C(C)[C@@H]1OC(N)=O. The van der Waals surface area contributed by atoms with Gasteiger partial charge in [-0.3, -0.25) is 14.5 Å². The second-order valence-electron chi connectivity index (χ2n) is 16.5. The second-order valence-corrected chi connectivity index (χ2v) is 16.5. The first-order valence-electron chi connectivity index (χ1n) is 20.1. The number of phenols is 2. The molecule has 5 atom stereocenters. The fourth-order valence-electron chi connectivity index (χ4n) is 7.03. The van der Waals surface area contributed by atoms with Crippen molar-refractivity contribution in [3.8, 4) is 11.5 Å². The fourth-order valence-corrected chi connectivity index (χ4v) is 7.03. The summed E-state index contributed by atoms with van der Waals surface area (Å²) in [4.78, 5) is 55.3. The lowest BCUT2D eigenvalue weighted by atomic mass is 9.91. The predicted octanol–water partition coefficient (Wildman–Crippen LogP) is 6.09. The van der Waals surface area contributed by atoms with Crippen LogP contribution in [0.4, 0.5) is 21.0 Å². The number of carbonyl (C=O) groups excluding carboxylic acids is 4. The van der Waals surface area contributed by atoms with Gasteiger partial charge in [-0.05, 0) is 77.3 Å². The third-order valence-corrected chi connectivity index (χ3v) is 10.4. The summed E-state index contributed by atoms with van der Waals surface area (Å²) in [6.07, 6.45) is 3.02. The zero-order valence-corrected chi connectivity index (χ0v) is 36.5. The summed E-state index contributed by atoms with van der Waals surface area (Å²) in [5.41, 5.74) is 7.16. The summed E-state index contributed by atoms with van der Waals surface area (Å²) in [5, 5.41) is 39.8. The Morgan fingerprint density at radius 2 is 1.66 bits per heavy atom. The highest BCUT2D eigenvalue weighted by Gasteiger charge is 2.30. The van der Waals surface area contributed by atoms with Crippen LogP contribution in [0.15, 0.2) is 71.4 Å². The van der Waals surface area contributed by atoms with Gasteiger partial charge in [-0.15, -0.1) is 0 Å². The van der Waals surface area contributed by atoms with E-state index in [1.807, 2.05) is 32.9 Å². The highest BCUT2D eigenvalue weighted by atomic mass is 16.6. The highest BCUT2D eigenvalue weighted by Crippen LogP contribution is 2.43. The van der Waals surface area contributed by atoms with Gasteiger partial charge in [-0.1, -0.05) is 48.9 Å². The number of nitrogens with zero attached hydrogens (tertiary/aromatic N) is 2. The molecule has 332 valence electrons. The van der Waals surface area contributed by atoms with Gasteiger partial charge in [0.25, 0.3) is 11.8 Å². The molecular weight excluding hydrogens is 787 g/mol. The standard InChI is InChI=1S/C45H61N5O11/c1-26-21-32-37(48-42(55)31-15-13-30(14-16-31)25-49-17-19-50(20-18-49)44(57)61-45(5,6)7)34(51)24-33(39(32)53)47-41(54)27(2)11-10-12-35(58-8)40(60-43(46)56)29(4)23-28(3)38(52)36(22-26)59-9/h10-16,21,23-24,28,35-36,38,40,51-53H,17-20,22,25H2,1-9H3,(H2,46,56)(H,47,54)(H,48,55)/t28-,35-,36-,38+,40-/m0/s1. The van der Waals surface area contributed by atoms with Crippen LogP contribution < -0.4 is 16.4 Å². The predicted molar refractivity (Wildman–Crippen MR) is 232 cm³/mol. The maximum absolute atomic E-state index is 13.7. The van der Waals surface area contributed by atoms with Crippen LogP contribution in [0, 0.1) is 5.92 Å². The molecule has 4 amide bonds. The number of anilines is 2. The van der Waals surface area contributed by atoms with E-state index in [9.17, 15) is 34.5 Å². The number of phenolic OH excluding ortho intramolecular Hbond substituents is 2. The Balaban J connectivity index is 1.63. The zero-order valence-electron chi connectivity index (χ0n) is 36.5. The molecular formula is C45H61N5O11. The molecule has 0 unspecified atom stereocenters. The minimum Gasteiger partial charge on any atom is -0.506 e. The van der Waals surface area contributed by atoms with Crippen molar-refractivity contribution in [3.63, 3.8) is 0 Å². The molecule has 0 spiro atoms. The molecule has 61 heavy (non-hydrogen) atoms. The van der Waals surface area contributed by atoms with E-state index in [-0.39, 0.29) is 40.6 Å². The Bertz CT molecular complexity index is 2030. The Labute approximate surface area is 357 Å². The van der Waals surface area contributed by atoms with Crippen molar-refractivity contribution in [2.45, 2.75) is 91.4 Å². The third-order valence-electron chi connectivity index (χ3n) is 10.4. The van der Waals surface area contributed by atoms with Gasteiger partial charge in [-0.2, -0.15) is 0 Å². The van der Waals surface area contributed by atoms with E-state index in [2.05, 4.69) is 15.5 Å². The van der Waals surface area contributed by atoms with Crippen LogP contribution in [0.1, 0.15) is 76.4 Å². The van der Waals surface area contributed by atoms with Crippen molar-refractivity contribution in [2.24, 2.45) is 11.7 Å². The summed E-state index contributed by atoms with van der Waals surface area (Å²) in [6, 6.07) is 8.12. The number of benzene rings is 2. The molecule has 4 rings (SSSR count). The summed E-state index contributed by atoms with van der Waals surface area (Å²) >= 11 is 0. The first-order valence-corrected chi connectivity index (χ1v) is 20.1. The number of fused-ring (bicyclic) bond motifs is 2.